The van der Waals surface area contributed by atoms with Gasteiger partial charge in [0.05, 0.1) is 45.0 Å². The van der Waals surface area contributed by atoms with Gasteiger partial charge in [0.15, 0.2) is 0 Å². The lowest BCUT2D eigenvalue weighted by Gasteiger charge is -2.22. The van der Waals surface area contributed by atoms with Crippen molar-refractivity contribution in [2.75, 3.05) is 0 Å². The minimum absolute atomic E-state index is 0.103. The van der Waals surface area contributed by atoms with E-state index in [2.05, 4.69) is 142 Å². The van der Waals surface area contributed by atoms with Crippen molar-refractivity contribution < 1.29 is 13.2 Å². The van der Waals surface area contributed by atoms with E-state index in [0.29, 0.717) is 27.8 Å². The van der Waals surface area contributed by atoms with E-state index in [0.717, 1.165) is 72.2 Å². The number of hydrogen-bond donors (Lipinski definition) is 0. The number of benzene rings is 9. The zero-order valence-electron chi connectivity index (χ0n) is 39.6. The first-order chi connectivity index (χ1) is 33.2. The van der Waals surface area contributed by atoms with Crippen LogP contribution < -0.4 is 0 Å². The summed E-state index contributed by atoms with van der Waals surface area (Å²) in [7, 11) is 0. The lowest BCUT2D eigenvalue weighted by Crippen LogP contribution is -2.09. The van der Waals surface area contributed by atoms with Gasteiger partial charge in [0.2, 0.25) is 0 Å². The molecule has 336 valence electrons. The van der Waals surface area contributed by atoms with Gasteiger partial charge < -0.3 is 9.13 Å². The highest BCUT2D eigenvalue weighted by Gasteiger charge is 2.35. The van der Waals surface area contributed by atoms with Crippen molar-refractivity contribution >= 4 is 43.6 Å². The molecule has 69 heavy (non-hydrogen) atoms. The van der Waals surface area contributed by atoms with Crippen LogP contribution in [0.4, 0.5) is 13.2 Å². The lowest BCUT2D eigenvalue weighted by molar-refractivity contribution is -0.137. The van der Waals surface area contributed by atoms with Gasteiger partial charge in [0.25, 0.3) is 0 Å². The van der Waals surface area contributed by atoms with Crippen LogP contribution >= 0.6 is 0 Å². The molecule has 0 fully saturated rings. The monoisotopic (exact) mass is 903 g/mol. The molecule has 0 N–H and O–H groups in total. The third-order valence-corrected chi connectivity index (χ3v) is 14.0. The van der Waals surface area contributed by atoms with E-state index in [9.17, 15) is 5.26 Å². The lowest BCUT2D eigenvalue weighted by atomic mass is 9.87. The van der Waals surface area contributed by atoms with Gasteiger partial charge in [0.1, 0.15) is 0 Å². The van der Waals surface area contributed by atoms with Gasteiger partial charge in [-0.25, -0.2) is 0 Å². The topological polar surface area (TPSA) is 33.6 Å². The van der Waals surface area contributed by atoms with Crippen LogP contribution in [-0.2, 0) is 6.18 Å². The molecule has 0 atom stereocenters. The highest BCUT2D eigenvalue weighted by molar-refractivity contribution is 6.12. The summed E-state index contributed by atoms with van der Waals surface area (Å²) in [4.78, 5) is 0. The SMILES string of the molecule is Cc1cc(C)c(-c2ccc3c(c2)c2ccccc2n3-c2ccc(-c3c(C)cccc3C(F)(F)F)c(-c3cc(C#N)ccc3-n3c4ccccc4c4cc(-c5c(C)cc(C)cc5C)ccc43)c2)c(C)c1. The fourth-order valence-electron chi connectivity index (χ4n) is 11.5. The Labute approximate surface area is 400 Å². The van der Waals surface area contributed by atoms with Gasteiger partial charge >= 0.3 is 6.18 Å². The maximum absolute atomic E-state index is 15.3. The number of halogens is 3. The molecule has 11 rings (SSSR count). The van der Waals surface area contributed by atoms with Gasteiger partial charge in [-0.2, -0.15) is 18.4 Å². The summed E-state index contributed by atoms with van der Waals surface area (Å²) in [5.41, 5.74) is 19.1. The molecule has 9 aromatic carbocycles. The molecular formula is C63H48F3N3. The third kappa shape index (κ3) is 7.11. The molecule has 0 bridgehead atoms. The van der Waals surface area contributed by atoms with E-state index in [-0.39, 0.29) is 5.56 Å². The van der Waals surface area contributed by atoms with E-state index in [1.165, 1.54) is 50.6 Å². The second-order valence-corrected chi connectivity index (χ2v) is 18.8. The van der Waals surface area contributed by atoms with Gasteiger partial charge in [-0.05, 0) is 188 Å². The second kappa shape index (κ2) is 16.3. The smallest absolute Gasteiger partial charge is 0.309 e. The summed E-state index contributed by atoms with van der Waals surface area (Å²) in [6, 6.07) is 56.7. The van der Waals surface area contributed by atoms with Crippen LogP contribution in [0.3, 0.4) is 0 Å². The minimum atomic E-state index is -4.63. The van der Waals surface area contributed by atoms with Gasteiger partial charge in [-0.1, -0.05) is 102 Å². The zero-order chi connectivity index (χ0) is 48.0. The molecule has 0 unspecified atom stereocenters. The Bertz CT molecular complexity index is 3940. The maximum Gasteiger partial charge on any atom is 0.417 e. The molecule has 11 aromatic rings. The second-order valence-electron chi connectivity index (χ2n) is 18.8. The zero-order valence-corrected chi connectivity index (χ0v) is 39.6. The van der Waals surface area contributed by atoms with Gasteiger partial charge in [0, 0.05) is 32.8 Å². The van der Waals surface area contributed by atoms with E-state index < -0.39 is 11.7 Å². The standard InChI is InChI=1S/C63H48F3N3/c1-36-27-39(4)60(40(5)28-36)44-20-25-57-52(32-44)47-14-8-10-17-55(47)68(57)46-22-23-49(62-38(3)13-12-16-54(62)63(64,65)66)50(34-46)51-31-43(35-67)19-24-58(51)69-56-18-11-9-15-48(56)53-33-45(21-26-59(53)69)61-41(6)29-37(2)30-42(61)7/h8-34H,1-7H3. The number of nitrogens with zero attached hydrogens (tertiary/aromatic N) is 3. The van der Waals surface area contributed by atoms with Crippen molar-refractivity contribution in [2.24, 2.45) is 0 Å². The molecule has 0 amide bonds. The minimum Gasteiger partial charge on any atom is -0.309 e. The fraction of sp³-hybridized carbons (Fsp3) is 0.127. The maximum atomic E-state index is 15.3. The van der Waals surface area contributed by atoms with Crippen molar-refractivity contribution in [3.8, 4) is 62.0 Å². The average molecular weight is 904 g/mol. The van der Waals surface area contributed by atoms with E-state index in [4.69, 9.17) is 0 Å². The molecule has 0 radical (unpaired) electrons. The van der Waals surface area contributed by atoms with Crippen LogP contribution in [0.25, 0.3) is 99.5 Å². The molecule has 2 aromatic heterocycles. The fourth-order valence-corrected chi connectivity index (χ4v) is 11.5. The molecule has 0 aliphatic carbocycles. The number of para-hydroxylation sites is 2. The van der Waals surface area contributed by atoms with Crippen LogP contribution in [0.5, 0.6) is 0 Å². The first-order valence-electron chi connectivity index (χ1n) is 23.3. The highest BCUT2D eigenvalue weighted by Crippen LogP contribution is 2.47. The first-order valence-corrected chi connectivity index (χ1v) is 23.3. The molecule has 2 heterocycles. The van der Waals surface area contributed by atoms with Crippen molar-refractivity contribution in [1.29, 1.82) is 5.26 Å². The molecular weight excluding hydrogens is 856 g/mol. The summed E-state index contributed by atoms with van der Waals surface area (Å²) < 4.78 is 50.2. The number of fused-ring (bicyclic) bond motifs is 6. The number of nitriles is 1. The number of alkyl halides is 3. The Morgan fingerprint density at radius 3 is 1.48 bits per heavy atom. The predicted octanol–water partition coefficient (Wildman–Crippen LogP) is 17.6. The Balaban J connectivity index is 1.21. The van der Waals surface area contributed by atoms with E-state index in [1.54, 1.807) is 19.1 Å². The van der Waals surface area contributed by atoms with Crippen LogP contribution in [-0.4, -0.2) is 9.13 Å². The van der Waals surface area contributed by atoms with Crippen LogP contribution in [0.15, 0.2) is 164 Å². The van der Waals surface area contributed by atoms with Crippen LogP contribution in [0.2, 0.25) is 0 Å². The summed E-state index contributed by atoms with van der Waals surface area (Å²) in [5.74, 6) is 0. The quantitative estimate of drug-likeness (QED) is 0.164. The highest BCUT2D eigenvalue weighted by atomic mass is 19.4. The Morgan fingerprint density at radius 2 is 0.928 bits per heavy atom. The normalized spacial score (nSPS) is 11.9. The Kier molecular flexibility index (Phi) is 10.2. The van der Waals surface area contributed by atoms with Crippen LogP contribution in [0, 0.1) is 59.8 Å². The molecule has 3 nitrogen and oxygen atoms in total. The van der Waals surface area contributed by atoms with E-state index >= 15 is 13.2 Å². The van der Waals surface area contributed by atoms with Crippen molar-refractivity contribution in [2.45, 2.75) is 54.6 Å². The number of hydrogen-bond acceptors (Lipinski definition) is 1. The largest absolute Gasteiger partial charge is 0.417 e. The third-order valence-electron chi connectivity index (χ3n) is 14.0. The predicted molar refractivity (Wildman–Crippen MR) is 280 cm³/mol. The molecule has 0 spiro atoms. The number of aryl methyl sites for hydroxylation is 7. The average Bonchev–Trinajstić information content (AvgIpc) is 3.82. The Morgan fingerprint density at radius 1 is 0.406 bits per heavy atom. The van der Waals surface area contributed by atoms with Crippen molar-refractivity contribution in [3.05, 3.63) is 214 Å². The first kappa shape index (κ1) is 43.4. The summed E-state index contributed by atoms with van der Waals surface area (Å²) >= 11 is 0. The molecule has 0 saturated heterocycles. The molecule has 0 saturated carbocycles. The number of rotatable bonds is 6. The Hall–Kier alpha value is -8.14. The number of aromatic nitrogens is 2. The van der Waals surface area contributed by atoms with Crippen molar-refractivity contribution in [3.63, 3.8) is 0 Å². The summed E-state index contributed by atoms with van der Waals surface area (Å²) in [6.07, 6.45) is -4.63. The summed E-state index contributed by atoms with van der Waals surface area (Å²) in [6.45, 7) is 14.6. The van der Waals surface area contributed by atoms with Gasteiger partial charge in [-0.3, -0.25) is 0 Å². The van der Waals surface area contributed by atoms with Gasteiger partial charge in [-0.15, -0.1) is 0 Å². The van der Waals surface area contributed by atoms with Crippen LogP contribution in [0.1, 0.15) is 50.1 Å². The summed E-state index contributed by atoms with van der Waals surface area (Å²) in [5, 5.41) is 14.8. The molecule has 0 aliphatic heterocycles. The molecule has 6 heteroatoms. The van der Waals surface area contributed by atoms with Crippen molar-refractivity contribution in [1.82, 2.24) is 9.13 Å². The van der Waals surface area contributed by atoms with E-state index in [1.807, 2.05) is 54.6 Å². The molecule has 0 aliphatic rings.